The van der Waals surface area contributed by atoms with Gasteiger partial charge in [0.1, 0.15) is 17.5 Å². The highest BCUT2D eigenvalue weighted by Crippen LogP contribution is 2.15. The topological polar surface area (TPSA) is 29.1 Å². The summed E-state index contributed by atoms with van der Waals surface area (Å²) in [6.45, 7) is 2.57. The first-order chi connectivity index (χ1) is 9.04. The van der Waals surface area contributed by atoms with Gasteiger partial charge in [0, 0.05) is 24.2 Å². The summed E-state index contributed by atoms with van der Waals surface area (Å²) >= 11 is 0. The summed E-state index contributed by atoms with van der Waals surface area (Å²) in [4.78, 5) is 11.5. The number of carbonyl (C=O) groups excluding carboxylic acids is 1. The number of hydrogen-bond acceptors (Lipinski definition) is 1. The van der Waals surface area contributed by atoms with Crippen LogP contribution in [0, 0.1) is 17.5 Å². The summed E-state index contributed by atoms with van der Waals surface area (Å²) in [5.41, 5.74) is -0.396. The molecule has 0 aliphatic heterocycles. The highest BCUT2D eigenvalue weighted by Gasteiger charge is 2.14. The molecule has 0 spiro atoms. The molecule has 0 unspecified atom stereocenters. The van der Waals surface area contributed by atoms with E-state index < -0.39 is 35.3 Å². The second kappa shape index (κ2) is 7.81. The Balaban J connectivity index is 2.44. The molecule has 0 radical (unpaired) electrons. The minimum absolute atomic E-state index is 0.396. The van der Waals surface area contributed by atoms with E-state index in [0.29, 0.717) is 18.7 Å². The predicted molar refractivity (Wildman–Crippen MR) is 67.2 cm³/mol. The van der Waals surface area contributed by atoms with Gasteiger partial charge in [-0.15, -0.1) is 0 Å². The molecule has 0 bridgehead atoms. The van der Waals surface area contributed by atoms with Gasteiger partial charge in [-0.1, -0.05) is 26.2 Å². The summed E-state index contributed by atoms with van der Waals surface area (Å²) in [6, 6.07) is 1.15. The minimum atomic E-state index is -1.03. The van der Waals surface area contributed by atoms with Crippen molar-refractivity contribution in [2.45, 2.75) is 39.0 Å². The molecular weight excluding hydrogens is 255 g/mol. The van der Waals surface area contributed by atoms with Crippen molar-refractivity contribution < 1.29 is 18.0 Å². The standard InChI is InChI=1S/C14H18F3NO/c1-2-3-4-5-6-18-14(19)9-11-12(16)7-10(15)8-13(11)17/h7-8H,2-6,9H2,1H3,(H,18,19). The molecule has 0 saturated carbocycles. The summed E-state index contributed by atoms with van der Waals surface area (Å²) in [7, 11) is 0. The Labute approximate surface area is 111 Å². The van der Waals surface area contributed by atoms with Crippen LogP contribution in [0.1, 0.15) is 38.2 Å². The Morgan fingerprint density at radius 1 is 1.11 bits per heavy atom. The molecule has 1 amide bonds. The Hall–Kier alpha value is -1.52. The van der Waals surface area contributed by atoms with Gasteiger partial charge in [-0.3, -0.25) is 4.79 Å². The van der Waals surface area contributed by atoms with Crippen LogP contribution in [0.15, 0.2) is 12.1 Å². The first-order valence-corrected chi connectivity index (χ1v) is 6.44. The van der Waals surface area contributed by atoms with Crippen molar-refractivity contribution in [3.8, 4) is 0 Å². The SMILES string of the molecule is CCCCCCNC(=O)Cc1c(F)cc(F)cc1F. The molecule has 0 aliphatic carbocycles. The molecule has 0 heterocycles. The average Bonchev–Trinajstić information content (AvgIpc) is 2.33. The Morgan fingerprint density at radius 3 is 2.32 bits per heavy atom. The molecule has 106 valence electrons. The van der Waals surface area contributed by atoms with Gasteiger partial charge in [-0.05, 0) is 6.42 Å². The molecule has 0 aliphatic rings. The van der Waals surface area contributed by atoms with Gasteiger partial charge in [0.25, 0.3) is 0 Å². The first kappa shape index (κ1) is 15.5. The monoisotopic (exact) mass is 273 g/mol. The smallest absolute Gasteiger partial charge is 0.224 e. The molecule has 1 rings (SSSR count). The molecule has 1 N–H and O–H groups in total. The quantitative estimate of drug-likeness (QED) is 0.758. The molecule has 1 aromatic carbocycles. The number of hydrogen-bond donors (Lipinski definition) is 1. The third kappa shape index (κ3) is 5.32. The summed E-state index contributed by atoms with van der Waals surface area (Å²) in [5, 5.41) is 2.59. The van der Waals surface area contributed by atoms with Crippen LogP contribution in [0.5, 0.6) is 0 Å². The van der Waals surface area contributed by atoms with Crippen molar-refractivity contribution in [2.24, 2.45) is 0 Å². The molecule has 5 heteroatoms. The van der Waals surface area contributed by atoms with Crippen molar-refractivity contribution in [1.82, 2.24) is 5.32 Å². The fourth-order valence-electron chi connectivity index (χ4n) is 1.74. The van der Waals surface area contributed by atoms with Crippen molar-refractivity contribution >= 4 is 5.91 Å². The van der Waals surface area contributed by atoms with E-state index in [2.05, 4.69) is 12.2 Å². The lowest BCUT2D eigenvalue weighted by molar-refractivity contribution is -0.120. The molecular formula is C14H18F3NO. The van der Waals surface area contributed by atoms with Crippen LogP contribution in [0.4, 0.5) is 13.2 Å². The van der Waals surface area contributed by atoms with Gasteiger partial charge in [0.15, 0.2) is 0 Å². The summed E-state index contributed by atoms with van der Waals surface area (Å²) in [5.74, 6) is -3.50. The highest BCUT2D eigenvalue weighted by molar-refractivity contribution is 5.78. The molecule has 0 fully saturated rings. The average molecular weight is 273 g/mol. The van der Waals surface area contributed by atoms with Gasteiger partial charge in [-0.2, -0.15) is 0 Å². The van der Waals surface area contributed by atoms with E-state index in [1.54, 1.807) is 0 Å². The third-order valence-electron chi connectivity index (χ3n) is 2.80. The number of amides is 1. The van der Waals surface area contributed by atoms with Crippen LogP contribution < -0.4 is 5.32 Å². The second-order valence-electron chi connectivity index (χ2n) is 4.44. The van der Waals surface area contributed by atoms with Crippen LogP contribution >= 0.6 is 0 Å². The third-order valence-corrected chi connectivity index (χ3v) is 2.80. The van der Waals surface area contributed by atoms with E-state index in [1.165, 1.54) is 0 Å². The number of benzene rings is 1. The Morgan fingerprint density at radius 2 is 1.74 bits per heavy atom. The fraction of sp³-hybridized carbons (Fsp3) is 0.500. The maximum absolute atomic E-state index is 13.3. The van der Waals surface area contributed by atoms with E-state index in [1.807, 2.05) is 0 Å². The maximum atomic E-state index is 13.3. The van der Waals surface area contributed by atoms with E-state index in [9.17, 15) is 18.0 Å². The molecule has 1 aromatic rings. The number of nitrogens with one attached hydrogen (secondary N) is 1. The van der Waals surface area contributed by atoms with E-state index >= 15 is 0 Å². The minimum Gasteiger partial charge on any atom is -0.356 e. The summed E-state index contributed by atoms with van der Waals surface area (Å²) in [6.07, 6.45) is 3.63. The highest BCUT2D eigenvalue weighted by atomic mass is 19.1. The lowest BCUT2D eigenvalue weighted by atomic mass is 10.1. The molecule has 2 nitrogen and oxygen atoms in total. The number of rotatable bonds is 7. The zero-order valence-corrected chi connectivity index (χ0v) is 10.9. The van der Waals surface area contributed by atoms with Gasteiger partial charge in [0.05, 0.1) is 6.42 Å². The van der Waals surface area contributed by atoms with Crippen LogP contribution in [0.3, 0.4) is 0 Å². The van der Waals surface area contributed by atoms with Crippen molar-refractivity contribution in [2.75, 3.05) is 6.54 Å². The van der Waals surface area contributed by atoms with Crippen molar-refractivity contribution in [3.63, 3.8) is 0 Å². The van der Waals surface area contributed by atoms with E-state index in [0.717, 1.165) is 25.7 Å². The second-order valence-corrected chi connectivity index (χ2v) is 4.44. The lowest BCUT2D eigenvalue weighted by Gasteiger charge is -2.07. The molecule has 0 atom stereocenters. The first-order valence-electron chi connectivity index (χ1n) is 6.44. The molecule has 0 aromatic heterocycles. The Kier molecular flexibility index (Phi) is 6.39. The van der Waals surface area contributed by atoms with Crippen LogP contribution in [-0.2, 0) is 11.2 Å². The molecule has 0 saturated heterocycles. The number of halogens is 3. The Bertz CT molecular complexity index is 412. The zero-order chi connectivity index (χ0) is 14.3. The van der Waals surface area contributed by atoms with Crippen LogP contribution in [-0.4, -0.2) is 12.5 Å². The largest absolute Gasteiger partial charge is 0.356 e. The predicted octanol–water partition coefficient (Wildman–Crippen LogP) is 3.34. The lowest BCUT2D eigenvalue weighted by Crippen LogP contribution is -2.26. The van der Waals surface area contributed by atoms with Gasteiger partial charge >= 0.3 is 0 Å². The fourth-order valence-corrected chi connectivity index (χ4v) is 1.74. The van der Waals surface area contributed by atoms with Crippen molar-refractivity contribution in [3.05, 3.63) is 35.1 Å². The maximum Gasteiger partial charge on any atom is 0.224 e. The number of carbonyl (C=O) groups is 1. The van der Waals surface area contributed by atoms with Gasteiger partial charge in [-0.25, -0.2) is 13.2 Å². The molecule has 19 heavy (non-hydrogen) atoms. The van der Waals surface area contributed by atoms with Gasteiger partial charge in [0.2, 0.25) is 5.91 Å². The van der Waals surface area contributed by atoms with E-state index in [-0.39, 0.29) is 0 Å². The number of unbranched alkanes of at least 4 members (excludes halogenated alkanes) is 3. The van der Waals surface area contributed by atoms with Crippen LogP contribution in [0.2, 0.25) is 0 Å². The van der Waals surface area contributed by atoms with Crippen LogP contribution in [0.25, 0.3) is 0 Å². The summed E-state index contributed by atoms with van der Waals surface area (Å²) < 4.78 is 39.3. The van der Waals surface area contributed by atoms with Crippen molar-refractivity contribution in [1.29, 1.82) is 0 Å². The normalized spacial score (nSPS) is 10.5. The van der Waals surface area contributed by atoms with Gasteiger partial charge < -0.3 is 5.32 Å². The zero-order valence-electron chi connectivity index (χ0n) is 10.9. The van der Waals surface area contributed by atoms with E-state index in [4.69, 9.17) is 0 Å².